The second kappa shape index (κ2) is 5.19. The summed E-state index contributed by atoms with van der Waals surface area (Å²) in [5.74, 6) is 3.00. The molecule has 1 aliphatic heterocycles. The van der Waals surface area contributed by atoms with Crippen molar-refractivity contribution in [1.82, 2.24) is 10.1 Å². The van der Waals surface area contributed by atoms with Crippen LogP contribution in [0.3, 0.4) is 0 Å². The van der Waals surface area contributed by atoms with Crippen molar-refractivity contribution in [2.75, 3.05) is 5.75 Å². The van der Waals surface area contributed by atoms with Gasteiger partial charge in [-0.1, -0.05) is 25.4 Å². The van der Waals surface area contributed by atoms with E-state index in [2.05, 4.69) is 24.0 Å². The van der Waals surface area contributed by atoms with Gasteiger partial charge in [-0.05, 0) is 24.5 Å². The molecule has 90 valence electrons. The van der Waals surface area contributed by atoms with Crippen LogP contribution in [0.5, 0.6) is 0 Å². The van der Waals surface area contributed by atoms with Gasteiger partial charge >= 0.3 is 0 Å². The molecule has 1 unspecified atom stereocenters. The van der Waals surface area contributed by atoms with Crippen molar-refractivity contribution in [3.8, 4) is 0 Å². The van der Waals surface area contributed by atoms with E-state index < -0.39 is 0 Å². The quantitative estimate of drug-likeness (QED) is 0.878. The molecule has 0 spiro atoms. The number of thioether (sulfide) groups is 1. The molecule has 1 fully saturated rings. The first kappa shape index (κ1) is 11.9. The van der Waals surface area contributed by atoms with E-state index in [9.17, 15) is 0 Å². The second-order valence-electron chi connectivity index (χ2n) is 4.40. The summed E-state index contributed by atoms with van der Waals surface area (Å²) in [6.07, 6.45) is 3.43. The summed E-state index contributed by atoms with van der Waals surface area (Å²) < 4.78 is 5.26. The fourth-order valence-electron chi connectivity index (χ4n) is 1.79. The molecule has 0 bridgehead atoms. The van der Waals surface area contributed by atoms with Crippen molar-refractivity contribution in [3.63, 3.8) is 0 Å². The first-order chi connectivity index (χ1) is 7.72. The lowest BCUT2D eigenvalue weighted by Crippen LogP contribution is -2.18. The minimum atomic E-state index is -0.127. The molecule has 16 heavy (non-hydrogen) atoms. The van der Waals surface area contributed by atoms with Crippen LogP contribution in [0.2, 0.25) is 0 Å². The van der Waals surface area contributed by atoms with E-state index in [0.717, 1.165) is 18.7 Å². The highest BCUT2D eigenvalue weighted by Gasteiger charge is 2.25. The third-order valence-corrected chi connectivity index (χ3v) is 4.59. The van der Waals surface area contributed by atoms with Crippen molar-refractivity contribution in [2.24, 2.45) is 11.7 Å². The lowest BCUT2D eigenvalue weighted by atomic mass is 10.0. The Kier molecular flexibility index (Phi) is 3.86. The van der Waals surface area contributed by atoms with Crippen molar-refractivity contribution in [3.05, 3.63) is 11.7 Å². The van der Waals surface area contributed by atoms with Crippen LogP contribution < -0.4 is 5.73 Å². The van der Waals surface area contributed by atoms with E-state index in [4.69, 9.17) is 10.3 Å². The monoisotopic (exact) mass is 241 g/mol. The molecule has 0 aliphatic carbocycles. The molecular formula is C11H19N3OS. The van der Waals surface area contributed by atoms with Crippen LogP contribution in [0.25, 0.3) is 0 Å². The molecule has 2 heterocycles. The Bertz CT molecular complexity index is 336. The Labute approximate surface area is 100 Å². The van der Waals surface area contributed by atoms with Crippen LogP contribution in [0.1, 0.15) is 56.1 Å². The summed E-state index contributed by atoms with van der Waals surface area (Å²) in [4.78, 5) is 4.44. The number of nitrogens with zero attached hydrogens (tertiary/aromatic N) is 2. The van der Waals surface area contributed by atoms with E-state index >= 15 is 0 Å². The average Bonchev–Trinajstić information content (AvgIpc) is 2.96. The Morgan fingerprint density at radius 1 is 1.62 bits per heavy atom. The molecular weight excluding hydrogens is 222 g/mol. The Morgan fingerprint density at radius 2 is 2.44 bits per heavy atom. The maximum absolute atomic E-state index is 6.06. The predicted octanol–water partition coefficient (Wildman–Crippen LogP) is 2.68. The van der Waals surface area contributed by atoms with Gasteiger partial charge in [0.1, 0.15) is 0 Å². The van der Waals surface area contributed by atoms with Gasteiger partial charge in [0.05, 0.1) is 11.3 Å². The zero-order chi connectivity index (χ0) is 11.5. The summed E-state index contributed by atoms with van der Waals surface area (Å²) in [7, 11) is 0. The van der Waals surface area contributed by atoms with Gasteiger partial charge in [0.2, 0.25) is 5.89 Å². The van der Waals surface area contributed by atoms with E-state index in [-0.39, 0.29) is 6.04 Å². The Hall–Kier alpha value is -0.550. The molecule has 0 amide bonds. The van der Waals surface area contributed by atoms with Crippen molar-refractivity contribution < 1.29 is 4.52 Å². The Morgan fingerprint density at radius 3 is 3.06 bits per heavy atom. The molecule has 3 atom stereocenters. The van der Waals surface area contributed by atoms with Crippen LogP contribution in [0.15, 0.2) is 4.52 Å². The molecule has 1 aliphatic rings. The summed E-state index contributed by atoms with van der Waals surface area (Å²) in [5, 5.41) is 4.47. The highest BCUT2D eigenvalue weighted by Crippen LogP contribution is 2.38. The number of hydrogen-bond acceptors (Lipinski definition) is 5. The molecule has 0 saturated carbocycles. The molecule has 5 heteroatoms. The third-order valence-electron chi connectivity index (χ3n) is 3.22. The van der Waals surface area contributed by atoms with Gasteiger partial charge in [-0.2, -0.15) is 16.7 Å². The van der Waals surface area contributed by atoms with Gasteiger partial charge < -0.3 is 10.3 Å². The molecule has 1 aromatic heterocycles. The highest BCUT2D eigenvalue weighted by atomic mass is 32.2. The van der Waals surface area contributed by atoms with Gasteiger partial charge in [0, 0.05) is 0 Å². The van der Waals surface area contributed by atoms with Gasteiger partial charge in [0.15, 0.2) is 5.82 Å². The SMILES string of the molecule is CC[C@H](C)[C@H](N)c1nc(C2CCCS2)no1. The van der Waals surface area contributed by atoms with Gasteiger partial charge in [-0.25, -0.2) is 0 Å². The number of nitrogens with two attached hydrogens (primary N) is 1. The lowest BCUT2D eigenvalue weighted by molar-refractivity contribution is 0.310. The first-order valence-corrected chi connectivity index (χ1v) is 6.98. The van der Waals surface area contributed by atoms with Crippen molar-refractivity contribution in [2.45, 2.75) is 44.4 Å². The Balaban J connectivity index is 2.06. The molecule has 0 radical (unpaired) electrons. The standard InChI is InChI=1S/C11H19N3OS/c1-3-7(2)9(12)11-13-10(14-15-11)8-5-4-6-16-8/h7-9H,3-6,12H2,1-2H3/t7-,8?,9-/m0/s1. The van der Waals surface area contributed by atoms with Gasteiger partial charge in [0.25, 0.3) is 0 Å². The minimum Gasteiger partial charge on any atom is -0.338 e. The predicted molar refractivity (Wildman–Crippen MR) is 65.1 cm³/mol. The van der Waals surface area contributed by atoms with E-state index in [1.165, 1.54) is 12.2 Å². The minimum absolute atomic E-state index is 0.127. The van der Waals surface area contributed by atoms with Crippen LogP contribution in [-0.2, 0) is 0 Å². The summed E-state index contributed by atoms with van der Waals surface area (Å²) in [6.45, 7) is 4.23. The van der Waals surface area contributed by atoms with E-state index in [0.29, 0.717) is 17.1 Å². The van der Waals surface area contributed by atoms with Crippen LogP contribution in [0.4, 0.5) is 0 Å². The van der Waals surface area contributed by atoms with Crippen LogP contribution in [0, 0.1) is 5.92 Å². The second-order valence-corrected chi connectivity index (χ2v) is 5.71. The number of aromatic nitrogens is 2. The summed E-state index contributed by atoms with van der Waals surface area (Å²) in [5.41, 5.74) is 6.06. The highest BCUT2D eigenvalue weighted by molar-refractivity contribution is 7.99. The summed E-state index contributed by atoms with van der Waals surface area (Å²) >= 11 is 1.91. The van der Waals surface area contributed by atoms with Gasteiger partial charge in [-0.15, -0.1) is 0 Å². The zero-order valence-electron chi connectivity index (χ0n) is 9.85. The largest absolute Gasteiger partial charge is 0.338 e. The van der Waals surface area contributed by atoms with Crippen molar-refractivity contribution >= 4 is 11.8 Å². The zero-order valence-corrected chi connectivity index (χ0v) is 10.7. The number of hydrogen-bond donors (Lipinski definition) is 1. The molecule has 2 N–H and O–H groups in total. The van der Waals surface area contributed by atoms with Crippen LogP contribution in [-0.4, -0.2) is 15.9 Å². The maximum Gasteiger partial charge on any atom is 0.243 e. The van der Waals surface area contributed by atoms with Crippen molar-refractivity contribution in [1.29, 1.82) is 0 Å². The average molecular weight is 241 g/mol. The summed E-state index contributed by atoms with van der Waals surface area (Å²) in [6, 6.07) is -0.127. The number of rotatable bonds is 4. The van der Waals surface area contributed by atoms with Crippen LogP contribution >= 0.6 is 11.8 Å². The molecule has 1 aromatic rings. The topological polar surface area (TPSA) is 64.9 Å². The lowest BCUT2D eigenvalue weighted by Gasteiger charge is -2.13. The first-order valence-electron chi connectivity index (χ1n) is 5.93. The maximum atomic E-state index is 6.06. The molecule has 0 aromatic carbocycles. The fourth-order valence-corrected chi connectivity index (χ4v) is 2.99. The molecule has 2 rings (SSSR count). The normalized spacial score (nSPS) is 24.6. The smallest absolute Gasteiger partial charge is 0.243 e. The van der Waals surface area contributed by atoms with E-state index in [1.807, 2.05) is 11.8 Å². The van der Waals surface area contributed by atoms with Gasteiger partial charge in [-0.3, -0.25) is 0 Å². The molecule has 1 saturated heterocycles. The van der Waals surface area contributed by atoms with E-state index in [1.54, 1.807) is 0 Å². The fraction of sp³-hybridized carbons (Fsp3) is 0.818. The molecule has 4 nitrogen and oxygen atoms in total. The third kappa shape index (κ3) is 2.40.